The standard InChI is InChI=1S/C11H9ClFN2O2/c12-7-2-1-5(9(13)15-7)8-10(16)14-6-3-4-11(6,8)17/h1-2,6,8H,3-4H2,(H,14,16)/q-1/t6-,8-,11-/m0/s1. The fourth-order valence-corrected chi connectivity index (χ4v) is 2.77. The highest BCUT2D eigenvalue weighted by atomic mass is 35.5. The predicted octanol–water partition coefficient (Wildman–Crippen LogP) is 0.349. The summed E-state index contributed by atoms with van der Waals surface area (Å²) in [5.41, 5.74) is -1.38. The molecule has 1 aromatic heterocycles. The van der Waals surface area contributed by atoms with Crippen LogP contribution in [0, 0.1) is 5.95 Å². The minimum absolute atomic E-state index is 0.00904. The van der Waals surface area contributed by atoms with Gasteiger partial charge in [0.1, 0.15) is 5.15 Å². The quantitative estimate of drug-likeness (QED) is 0.737. The Morgan fingerprint density at radius 1 is 1.59 bits per heavy atom. The lowest BCUT2D eigenvalue weighted by molar-refractivity contribution is -0.503. The molecule has 3 atom stereocenters. The van der Waals surface area contributed by atoms with Crippen LogP contribution in [-0.2, 0) is 4.79 Å². The molecule has 1 saturated carbocycles. The molecule has 4 nitrogen and oxygen atoms in total. The van der Waals surface area contributed by atoms with Crippen LogP contribution in [0.3, 0.4) is 0 Å². The second-order valence-corrected chi connectivity index (χ2v) is 4.89. The fourth-order valence-electron chi connectivity index (χ4n) is 2.63. The third-order valence-corrected chi connectivity index (χ3v) is 3.85. The number of carbonyl (C=O) groups excluding carboxylic acids is 1. The van der Waals surface area contributed by atoms with Crippen LogP contribution in [0.5, 0.6) is 0 Å². The Morgan fingerprint density at radius 3 is 2.88 bits per heavy atom. The van der Waals surface area contributed by atoms with Gasteiger partial charge >= 0.3 is 0 Å². The summed E-state index contributed by atoms with van der Waals surface area (Å²) in [6, 6.07) is 2.38. The molecule has 2 heterocycles. The van der Waals surface area contributed by atoms with Gasteiger partial charge in [0.15, 0.2) is 0 Å². The summed E-state index contributed by atoms with van der Waals surface area (Å²) >= 11 is 5.54. The predicted molar refractivity (Wildman–Crippen MR) is 55.8 cm³/mol. The number of pyridine rings is 1. The molecule has 0 radical (unpaired) electrons. The number of amides is 1. The number of hydrogen-bond donors (Lipinski definition) is 1. The van der Waals surface area contributed by atoms with Crippen LogP contribution < -0.4 is 10.4 Å². The van der Waals surface area contributed by atoms with Crippen LogP contribution in [0.25, 0.3) is 0 Å². The first-order valence-corrected chi connectivity index (χ1v) is 5.73. The summed E-state index contributed by atoms with van der Waals surface area (Å²) in [7, 11) is 0. The van der Waals surface area contributed by atoms with Gasteiger partial charge in [-0.15, -0.1) is 0 Å². The van der Waals surface area contributed by atoms with Crippen molar-refractivity contribution in [1.29, 1.82) is 0 Å². The van der Waals surface area contributed by atoms with E-state index in [1.54, 1.807) is 0 Å². The molecular weight excluding hydrogens is 247 g/mol. The maximum absolute atomic E-state index is 13.7. The van der Waals surface area contributed by atoms with E-state index in [4.69, 9.17) is 11.6 Å². The molecule has 1 aliphatic carbocycles. The summed E-state index contributed by atoms with van der Waals surface area (Å²) in [5, 5.41) is 15.0. The molecule has 1 aliphatic heterocycles. The minimum Gasteiger partial charge on any atom is -0.847 e. The first-order valence-electron chi connectivity index (χ1n) is 5.35. The van der Waals surface area contributed by atoms with Gasteiger partial charge in [-0.05, 0) is 12.5 Å². The normalized spacial score (nSPS) is 35.1. The Bertz CT molecular complexity index is 510. The second kappa shape index (κ2) is 3.40. The first-order chi connectivity index (χ1) is 8.02. The largest absolute Gasteiger partial charge is 0.847 e. The van der Waals surface area contributed by atoms with Crippen LogP contribution in [-0.4, -0.2) is 22.5 Å². The van der Waals surface area contributed by atoms with Gasteiger partial charge in [-0.1, -0.05) is 29.7 Å². The van der Waals surface area contributed by atoms with E-state index in [9.17, 15) is 14.3 Å². The highest BCUT2D eigenvalue weighted by molar-refractivity contribution is 6.29. The minimum atomic E-state index is -1.42. The van der Waals surface area contributed by atoms with Crippen LogP contribution in [0.1, 0.15) is 24.3 Å². The fraction of sp³-hybridized carbons (Fsp3) is 0.455. The highest BCUT2D eigenvalue weighted by Crippen LogP contribution is 2.46. The van der Waals surface area contributed by atoms with Crippen molar-refractivity contribution in [3.63, 3.8) is 0 Å². The lowest BCUT2D eigenvalue weighted by Crippen LogP contribution is -2.63. The number of halogens is 2. The van der Waals surface area contributed by atoms with E-state index in [0.29, 0.717) is 12.8 Å². The van der Waals surface area contributed by atoms with Crippen LogP contribution >= 0.6 is 11.6 Å². The average Bonchev–Trinajstić information content (AvgIpc) is 2.42. The lowest BCUT2D eigenvalue weighted by Gasteiger charge is -2.53. The van der Waals surface area contributed by atoms with E-state index >= 15 is 0 Å². The van der Waals surface area contributed by atoms with Gasteiger partial charge in [-0.2, -0.15) is 4.39 Å². The van der Waals surface area contributed by atoms with Crippen molar-refractivity contribution >= 4 is 17.5 Å². The van der Waals surface area contributed by atoms with Crippen molar-refractivity contribution in [1.82, 2.24) is 10.3 Å². The van der Waals surface area contributed by atoms with Crippen LogP contribution in [0.15, 0.2) is 12.1 Å². The molecule has 0 spiro atoms. The Morgan fingerprint density at radius 2 is 2.35 bits per heavy atom. The lowest BCUT2D eigenvalue weighted by atomic mass is 9.68. The van der Waals surface area contributed by atoms with Crippen molar-refractivity contribution in [3.8, 4) is 0 Å². The molecule has 1 N–H and O–H groups in total. The molecule has 17 heavy (non-hydrogen) atoms. The van der Waals surface area contributed by atoms with Gasteiger partial charge < -0.3 is 10.4 Å². The number of fused-ring (bicyclic) bond motifs is 1. The molecular formula is C11H9ClFN2O2-. The van der Waals surface area contributed by atoms with Gasteiger partial charge in [0.25, 0.3) is 0 Å². The van der Waals surface area contributed by atoms with Gasteiger partial charge in [0.05, 0.1) is 5.92 Å². The third kappa shape index (κ3) is 1.39. The molecule has 3 rings (SSSR count). The van der Waals surface area contributed by atoms with Crippen molar-refractivity contribution in [2.24, 2.45) is 0 Å². The third-order valence-electron chi connectivity index (χ3n) is 3.64. The molecule has 1 amide bonds. The topological polar surface area (TPSA) is 65.0 Å². The van der Waals surface area contributed by atoms with E-state index in [1.807, 2.05) is 0 Å². The van der Waals surface area contributed by atoms with Crippen molar-refractivity contribution < 1.29 is 14.3 Å². The zero-order chi connectivity index (χ0) is 12.2. The highest BCUT2D eigenvalue weighted by Gasteiger charge is 2.53. The first kappa shape index (κ1) is 10.9. The second-order valence-electron chi connectivity index (χ2n) is 4.50. The van der Waals surface area contributed by atoms with Crippen LogP contribution in [0.4, 0.5) is 4.39 Å². The van der Waals surface area contributed by atoms with E-state index < -0.39 is 23.4 Å². The molecule has 0 bridgehead atoms. The molecule has 1 saturated heterocycles. The van der Waals surface area contributed by atoms with E-state index in [2.05, 4.69) is 10.3 Å². The number of aromatic nitrogens is 1. The van der Waals surface area contributed by atoms with Gasteiger partial charge in [-0.3, -0.25) is 4.79 Å². The van der Waals surface area contributed by atoms with Crippen molar-refractivity contribution in [3.05, 3.63) is 28.8 Å². The summed E-state index contributed by atoms with van der Waals surface area (Å²) in [5.74, 6) is -2.24. The maximum atomic E-state index is 13.7. The smallest absolute Gasteiger partial charge is 0.227 e. The molecule has 6 heteroatoms. The Kier molecular flexibility index (Phi) is 2.18. The van der Waals surface area contributed by atoms with E-state index in [0.717, 1.165) is 0 Å². The Balaban J connectivity index is 2.06. The zero-order valence-electron chi connectivity index (χ0n) is 8.74. The molecule has 90 valence electrons. The summed E-state index contributed by atoms with van der Waals surface area (Å²) in [6.45, 7) is 0. The number of hydrogen-bond acceptors (Lipinski definition) is 3. The molecule has 2 aliphatic rings. The van der Waals surface area contributed by atoms with E-state index in [-0.39, 0.29) is 16.8 Å². The molecule has 0 aromatic carbocycles. The van der Waals surface area contributed by atoms with Crippen molar-refractivity contribution in [2.75, 3.05) is 0 Å². The van der Waals surface area contributed by atoms with Crippen LogP contribution in [0.2, 0.25) is 5.15 Å². The van der Waals surface area contributed by atoms with Gasteiger partial charge in [0.2, 0.25) is 11.9 Å². The molecule has 0 unspecified atom stereocenters. The summed E-state index contributed by atoms with van der Waals surface area (Å²) in [6.07, 6.45) is 1.04. The van der Waals surface area contributed by atoms with Gasteiger partial charge in [-0.25, -0.2) is 4.98 Å². The van der Waals surface area contributed by atoms with E-state index in [1.165, 1.54) is 12.1 Å². The summed E-state index contributed by atoms with van der Waals surface area (Å²) in [4.78, 5) is 15.2. The van der Waals surface area contributed by atoms with Gasteiger partial charge in [0, 0.05) is 11.6 Å². The average molecular weight is 256 g/mol. The molecule has 1 aromatic rings. The Labute approximate surface area is 102 Å². The zero-order valence-corrected chi connectivity index (χ0v) is 9.50. The number of carbonyl (C=O) groups is 1. The van der Waals surface area contributed by atoms with Crippen molar-refractivity contribution in [2.45, 2.75) is 30.4 Å². The summed E-state index contributed by atoms with van der Waals surface area (Å²) < 4.78 is 13.7. The number of rotatable bonds is 1. The Hall–Kier alpha value is -1.20. The number of nitrogens with zero attached hydrogens (tertiary/aromatic N) is 1. The monoisotopic (exact) mass is 255 g/mol. The molecule has 2 fully saturated rings. The number of nitrogens with one attached hydrogen (secondary N) is 1. The maximum Gasteiger partial charge on any atom is 0.227 e. The SMILES string of the molecule is O=C1N[C@H]2CC[C@@]2([O-])[C@H]1c1ccc(Cl)nc1F.